The second-order valence-electron chi connectivity index (χ2n) is 3.50. The third-order valence-corrected chi connectivity index (χ3v) is 3.31. The second kappa shape index (κ2) is 6.90. The van der Waals surface area contributed by atoms with Crippen molar-refractivity contribution in [1.29, 1.82) is 0 Å². The molecule has 1 aromatic rings. The number of hydrogen-bond acceptors (Lipinski definition) is 5. The van der Waals surface area contributed by atoms with E-state index in [1.165, 1.54) is 6.07 Å². The minimum Gasteiger partial charge on any atom is -0.309 e. The lowest BCUT2D eigenvalue weighted by molar-refractivity contribution is -0.384. The van der Waals surface area contributed by atoms with E-state index in [2.05, 4.69) is 0 Å². The van der Waals surface area contributed by atoms with Crippen LogP contribution in [0, 0.1) is 10.1 Å². The van der Waals surface area contributed by atoms with Crippen LogP contribution in [-0.2, 0) is 0 Å². The van der Waals surface area contributed by atoms with E-state index in [9.17, 15) is 14.9 Å². The number of hydrogen-bond donors (Lipinski definition) is 0. The first-order valence-electron chi connectivity index (χ1n) is 4.53. The zero-order valence-corrected chi connectivity index (χ0v) is 11.7. The van der Waals surface area contributed by atoms with Crippen LogP contribution in [0.25, 0.3) is 0 Å². The van der Waals surface area contributed by atoms with Gasteiger partial charge in [0.05, 0.1) is 9.80 Å². The van der Waals surface area contributed by atoms with Gasteiger partial charge in [0.1, 0.15) is 0 Å². The molecule has 1 aromatic heterocycles. The van der Waals surface area contributed by atoms with E-state index in [0.717, 1.165) is 11.3 Å². The van der Waals surface area contributed by atoms with Crippen LogP contribution in [0.3, 0.4) is 0 Å². The third-order valence-electron chi connectivity index (χ3n) is 1.93. The highest BCUT2D eigenvalue weighted by Crippen LogP contribution is 2.34. The molecular formula is C9H12Cl2N2O3S. The van der Waals surface area contributed by atoms with E-state index in [4.69, 9.17) is 11.6 Å². The van der Waals surface area contributed by atoms with Crippen LogP contribution in [0.5, 0.6) is 0 Å². The molecule has 0 N–H and O–H groups in total. The maximum atomic E-state index is 11.6. The van der Waals surface area contributed by atoms with Crippen molar-refractivity contribution in [2.75, 3.05) is 20.6 Å². The normalized spacial score (nSPS) is 10.1. The van der Waals surface area contributed by atoms with Gasteiger partial charge in [-0.1, -0.05) is 11.6 Å². The molecule has 0 aliphatic rings. The summed E-state index contributed by atoms with van der Waals surface area (Å²) < 4.78 is 0.0539. The SMILES string of the molecule is CN(C)CCC(=O)c1cc([N+](=O)[O-])c(Cl)s1.Cl. The van der Waals surface area contributed by atoms with Gasteiger partial charge < -0.3 is 4.90 Å². The van der Waals surface area contributed by atoms with Crippen molar-refractivity contribution in [3.8, 4) is 0 Å². The number of rotatable bonds is 5. The summed E-state index contributed by atoms with van der Waals surface area (Å²) in [5.41, 5.74) is -0.195. The third kappa shape index (κ3) is 4.59. The maximum absolute atomic E-state index is 11.6. The Balaban J connectivity index is 0.00000256. The zero-order valence-electron chi connectivity index (χ0n) is 9.31. The summed E-state index contributed by atoms with van der Waals surface area (Å²) in [6.45, 7) is 0.613. The Morgan fingerprint density at radius 1 is 1.59 bits per heavy atom. The Labute approximate surface area is 114 Å². The van der Waals surface area contributed by atoms with Gasteiger partial charge >= 0.3 is 0 Å². The van der Waals surface area contributed by atoms with E-state index in [1.807, 2.05) is 19.0 Å². The van der Waals surface area contributed by atoms with Gasteiger partial charge in [0.15, 0.2) is 10.1 Å². The van der Waals surface area contributed by atoms with Crippen molar-refractivity contribution in [3.05, 3.63) is 25.4 Å². The van der Waals surface area contributed by atoms with Crippen LogP contribution >= 0.6 is 35.3 Å². The summed E-state index contributed by atoms with van der Waals surface area (Å²) in [4.78, 5) is 23.8. The minimum absolute atomic E-state index is 0. The molecule has 17 heavy (non-hydrogen) atoms. The van der Waals surface area contributed by atoms with E-state index in [-0.39, 0.29) is 28.2 Å². The first-order chi connectivity index (χ1) is 7.41. The molecule has 0 unspecified atom stereocenters. The number of carbonyl (C=O) groups excluding carboxylic acids is 1. The maximum Gasteiger partial charge on any atom is 0.299 e. The standard InChI is InChI=1S/C9H11ClN2O3S.ClH/c1-11(2)4-3-7(13)8-5-6(12(14)15)9(10)16-8;/h5H,3-4H2,1-2H3;1H. The van der Waals surface area contributed by atoms with Crippen LogP contribution in [0.1, 0.15) is 16.1 Å². The summed E-state index contributed by atoms with van der Waals surface area (Å²) >= 11 is 6.62. The fraction of sp³-hybridized carbons (Fsp3) is 0.444. The van der Waals surface area contributed by atoms with E-state index < -0.39 is 4.92 Å². The Hall–Kier alpha value is -0.690. The van der Waals surface area contributed by atoms with Gasteiger partial charge in [0.25, 0.3) is 5.69 Å². The molecule has 0 saturated carbocycles. The number of nitrogens with zero attached hydrogens (tertiary/aromatic N) is 2. The largest absolute Gasteiger partial charge is 0.309 e. The number of carbonyl (C=O) groups is 1. The molecule has 0 bridgehead atoms. The number of ketones is 1. The lowest BCUT2D eigenvalue weighted by Crippen LogP contribution is -2.16. The highest BCUT2D eigenvalue weighted by molar-refractivity contribution is 7.18. The van der Waals surface area contributed by atoms with Crippen LogP contribution in [0.15, 0.2) is 6.07 Å². The van der Waals surface area contributed by atoms with Crippen LogP contribution in [-0.4, -0.2) is 36.2 Å². The fourth-order valence-corrected chi connectivity index (χ4v) is 2.26. The van der Waals surface area contributed by atoms with E-state index in [0.29, 0.717) is 17.8 Å². The Morgan fingerprint density at radius 2 is 2.18 bits per heavy atom. The van der Waals surface area contributed by atoms with Gasteiger partial charge in [-0.15, -0.1) is 23.7 Å². The van der Waals surface area contributed by atoms with Gasteiger partial charge in [-0.2, -0.15) is 0 Å². The molecule has 0 aliphatic carbocycles. The van der Waals surface area contributed by atoms with E-state index >= 15 is 0 Å². The summed E-state index contributed by atoms with van der Waals surface area (Å²) in [5.74, 6) is -0.117. The van der Waals surface area contributed by atoms with Crippen molar-refractivity contribution >= 4 is 46.8 Å². The lowest BCUT2D eigenvalue weighted by atomic mass is 10.2. The molecule has 0 aromatic carbocycles. The van der Waals surface area contributed by atoms with Crippen molar-refractivity contribution in [3.63, 3.8) is 0 Å². The first kappa shape index (κ1) is 16.3. The van der Waals surface area contributed by atoms with Crippen molar-refractivity contribution in [2.45, 2.75) is 6.42 Å². The molecule has 1 rings (SSSR count). The molecular weight excluding hydrogens is 287 g/mol. The predicted octanol–water partition coefficient (Wildman–Crippen LogP) is 2.87. The molecule has 0 spiro atoms. The molecule has 96 valence electrons. The molecule has 5 nitrogen and oxygen atoms in total. The van der Waals surface area contributed by atoms with Crippen molar-refractivity contribution in [2.24, 2.45) is 0 Å². The monoisotopic (exact) mass is 298 g/mol. The second-order valence-corrected chi connectivity index (χ2v) is 5.16. The number of thiophene rings is 1. The minimum atomic E-state index is -0.582. The lowest BCUT2D eigenvalue weighted by Gasteiger charge is -2.06. The average molecular weight is 299 g/mol. The molecule has 0 radical (unpaired) electrons. The Morgan fingerprint density at radius 3 is 2.59 bits per heavy atom. The van der Waals surface area contributed by atoms with Crippen LogP contribution in [0.4, 0.5) is 5.69 Å². The molecule has 0 aliphatic heterocycles. The molecule has 0 atom stereocenters. The average Bonchev–Trinajstić information content (AvgIpc) is 2.56. The van der Waals surface area contributed by atoms with Crippen LogP contribution in [0.2, 0.25) is 4.34 Å². The van der Waals surface area contributed by atoms with Gasteiger partial charge in [-0.25, -0.2) is 0 Å². The topological polar surface area (TPSA) is 63.5 Å². The number of nitro groups is 1. The smallest absolute Gasteiger partial charge is 0.299 e. The molecule has 1 heterocycles. The van der Waals surface area contributed by atoms with Gasteiger partial charge in [0, 0.05) is 19.0 Å². The summed E-state index contributed by atoms with van der Waals surface area (Å²) in [6.07, 6.45) is 0.334. The summed E-state index contributed by atoms with van der Waals surface area (Å²) in [7, 11) is 3.72. The quantitative estimate of drug-likeness (QED) is 0.476. The number of halogens is 2. The molecule has 0 saturated heterocycles. The highest BCUT2D eigenvalue weighted by Gasteiger charge is 2.20. The zero-order chi connectivity index (χ0) is 12.3. The van der Waals surface area contributed by atoms with E-state index in [1.54, 1.807) is 0 Å². The van der Waals surface area contributed by atoms with Crippen molar-refractivity contribution < 1.29 is 9.72 Å². The molecule has 0 fully saturated rings. The molecule has 0 amide bonds. The first-order valence-corrected chi connectivity index (χ1v) is 5.73. The van der Waals surface area contributed by atoms with Crippen LogP contribution < -0.4 is 0 Å². The van der Waals surface area contributed by atoms with Gasteiger partial charge in [-0.3, -0.25) is 14.9 Å². The van der Waals surface area contributed by atoms with Gasteiger partial charge in [-0.05, 0) is 14.1 Å². The fourth-order valence-electron chi connectivity index (χ4n) is 1.07. The predicted molar refractivity (Wildman–Crippen MR) is 70.7 cm³/mol. The van der Waals surface area contributed by atoms with Crippen molar-refractivity contribution in [1.82, 2.24) is 4.90 Å². The van der Waals surface area contributed by atoms with Gasteiger partial charge in [0.2, 0.25) is 0 Å². The highest BCUT2D eigenvalue weighted by atomic mass is 35.5. The molecule has 8 heteroatoms. The summed E-state index contributed by atoms with van der Waals surface area (Å²) in [5, 5.41) is 10.5. The Bertz CT molecular complexity index is 420. The Kier molecular flexibility index (Phi) is 6.62. The summed E-state index contributed by atoms with van der Waals surface area (Å²) in [6, 6.07) is 1.24. The number of Topliss-reactive ketones (excluding diaryl/α,β-unsaturated/α-hetero) is 1.